The molecule has 1 fully saturated rings. The minimum absolute atomic E-state index is 0.497. The summed E-state index contributed by atoms with van der Waals surface area (Å²) < 4.78 is 38.5. The summed E-state index contributed by atoms with van der Waals surface area (Å²) in [6.07, 6.45) is -4.47. The van der Waals surface area contributed by atoms with Gasteiger partial charge in [0.25, 0.3) is 0 Å². The third-order valence-corrected chi connectivity index (χ3v) is 1.47. The second-order valence-corrected chi connectivity index (χ2v) is 2.51. The number of nitrogens with zero attached hydrogens (tertiary/aromatic N) is 1. The molecule has 0 spiro atoms. The van der Waals surface area contributed by atoms with E-state index in [2.05, 4.69) is 4.74 Å². The average molecular weight is 183 g/mol. The van der Waals surface area contributed by atoms with Gasteiger partial charge in [-0.1, -0.05) is 0 Å². The molecule has 1 saturated heterocycles. The van der Waals surface area contributed by atoms with E-state index in [1.165, 1.54) is 4.90 Å². The standard InChI is InChI=1S/C6H8F3NO2/c7-6(8,9)4-12-5(11)10-2-1-3-10/h1-4H2. The molecular weight excluding hydrogens is 175 g/mol. The molecule has 0 aromatic rings. The summed E-state index contributed by atoms with van der Waals surface area (Å²) in [4.78, 5) is 11.9. The van der Waals surface area contributed by atoms with E-state index in [0.717, 1.165) is 6.42 Å². The Balaban J connectivity index is 2.18. The first-order valence-corrected chi connectivity index (χ1v) is 3.47. The van der Waals surface area contributed by atoms with Gasteiger partial charge in [-0.25, -0.2) is 4.79 Å². The third kappa shape index (κ3) is 2.60. The maximum Gasteiger partial charge on any atom is 0.422 e. The van der Waals surface area contributed by atoms with Gasteiger partial charge in [0.05, 0.1) is 0 Å². The molecule has 70 valence electrons. The van der Waals surface area contributed by atoms with E-state index in [1.807, 2.05) is 0 Å². The smallest absolute Gasteiger partial charge is 0.422 e. The van der Waals surface area contributed by atoms with E-state index in [0.29, 0.717) is 13.1 Å². The Morgan fingerprint density at radius 3 is 2.33 bits per heavy atom. The van der Waals surface area contributed by atoms with Crippen LogP contribution in [0.1, 0.15) is 6.42 Å². The van der Waals surface area contributed by atoms with Gasteiger partial charge in [-0.05, 0) is 6.42 Å². The van der Waals surface area contributed by atoms with Crippen LogP contribution in [-0.2, 0) is 4.74 Å². The van der Waals surface area contributed by atoms with Crippen molar-refractivity contribution < 1.29 is 22.7 Å². The van der Waals surface area contributed by atoms with Crippen molar-refractivity contribution >= 4 is 6.09 Å². The Morgan fingerprint density at radius 1 is 1.42 bits per heavy atom. The number of rotatable bonds is 1. The van der Waals surface area contributed by atoms with E-state index < -0.39 is 18.9 Å². The zero-order chi connectivity index (χ0) is 9.19. The highest BCUT2D eigenvalue weighted by atomic mass is 19.4. The van der Waals surface area contributed by atoms with Crippen LogP contribution in [0.15, 0.2) is 0 Å². The van der Waals surface area contributed by atoms with E-state index in [9.17, 15) is 18.0 Å². The summed E-state index contributed by atoms with van der Waals surface area (Å²) >= 11 is 0. The minimum Gasteiger partial charge on any atom is -0.440 e. The van der Waals surface area contributed by atoms with Gasteiger partial charge in [0.15, 0.2) is 6.61 Å². The predicted octanol–water partition coefficient (Wildman–Crippen LogP) is 1.39. The minimum atomic E-state index is -4.43. The molecule has 0 atom stereocenters. The van der Waals surface area contributed by atoms with Crippen LogP contribution in [-0.4, -0.2) is 36.9 Å². The first-order chi connectivity index (χ1) is 5.49. The van der Waals surface area contributed by atoms with Gasteiger partial charge in [-0.3, -0.25) is 0 Å². The fourth-order valence-electron chi connectivity index (χ4n) is 0.734. The number of ether oxygens (including phenoxy) is 1. The highest BCUT2D eigenvalue weighted by molar-refractivity contribution is 5.68. The average Bonchev–Trinajstić information content (AvgIpc) is 1.78. The lowest BCUT2D eigenvalue weighted by atomic mass is 10.2. The molecule has 0 saturated carbocycles. The highest BCUT2D eigenvalue weighted by Crippen LogP contribution is 2.16. The Kier molecular flexibility index (Phi) is 2.44. The first-order valence-electron chi connectivity index (χ1n) is 3.47. The van der Waals surface area contributed by atoms with Crippen LogP contribution >= 0.6 is 0 Å². The molecule has 1 aliphatic rings. The van der Waals surface area contributed by atoms with Crippen LogP contribution in [0.2, 0.25) is 0 Å². The van der Waals surface area contributed by atoms with Crippen LogP contribution in [0.5, 0.6) is 0 Å². The van der Waals surface area contributed by atoms with E-state index in [4.69, 9.17) is 0 Å². The fourth-order valence-corrected chi connectivity index (χ4v) is 0.734. The number of likely N-dealkylation sites (tertiary alicyclic amines) is 1. The second-order valence-electron chi connectivity index (χ2n) is 2.51. The van der Waals surface area contributed by atoms with Crippen LogP contribution < -0.4 is 0 Å². The molecule has 1 heterocycles. The summed E-state index contributed by atoms with van der Waals surface area (Å²) in [5.74, 6) is 0. The van der Waals surface area contributed by atoms with Crippen LogP contribution in [0.25, 0.3) is 0 Å². The van der Waals surface area contributed by atoms with Gasteiger partial charge < -0.3 is 9.64 Å². The topological polar surface area (TPSA) is 29.5 Å². The van der Waals surface area contributed by atoms with Crippen molar-refractivity contribution in [2.75, 3.05) is 19.7 Å². The van der Waals surface area contributed by atoms with Crippen molar-refractivity contribution in [3.8, 4) is 0 Å². The van der Waals surface area contributed by atoms with E-state index in [-0.39, 0.29) is 0 Å². The van der Waals surface area contributed by atoms with Crippen LogP contribution in [0, 0.1) is 0 Å². The quantitative estimate of drug-likeness (QED) is 0.614. The number of hydrogen-bond acceptors (Lipinski definition) is 2. The van der Waals surface area contributed by atoms with E-state index in [1.54, 1.807) is 0 Å². The molecule has 1 rings (SSSR count). The molecule has 1 amide bonds. The lowest BCUT2D eigenvalue weighted by Crippen LogP contribution is -2.43. The molecule has 0 aliphatic carbocycles. The van der Waals surface area contributed by atoms with Crippen molar-refractivity contribution in [3.05, 3.63) is 0 Å². The highest BCUT2D eigenvalue weighted by Gasteiger charge is 2.31. The second kappa shape index (κ2) is 3.20. The van der Waals surface area contributed by atoms with Crippen molar-refractivity contribution in [1.82, 2.24) is 4.90 Å². The molecule has 6 heteroatoms. The third-order valence-electron chi connectivity index (χ3n) is 1.47. The van der Waals surface area contributed by atoms with Crippen LogP contribution in [0.3, 0.4) is 0 Å². The van der Waals surface area contributed by atoms with Crippen molar-refractivity contribution in [1.29, 1.82) is 0 Å². The summed E-state index contributed by atoms with van der Waals surface area (Å²) in [6, 6.07) is 0. The lowest BCUT2D eigenvalue weighted by Gasteiger charge is -2.29. The van der Waals surface area contributed by atoms with Crippen molar-refractivity contribution in [2.45, 2.75) is 12.6 Å². The lowest BCUT2D eigenvalue weighted by molar-refractivity contribution is -0.163. The zero-order valence-electron chi connectivity index (χ0n) is 6.23. The van der Waals surface area contributed by atoms with Crippen LogP contribution in [0.4, 0.5) is 18.0 Å². The monoisotopic (exact) mass is 183 g/mol. The Bertz CT molecular complexity index is 176. The number of halogens is 3. The Labute approximate surface area is 67.1 Å². The summed E-state index contributed by atoms with van der Waals surface area (Å²) in [6.45, 7) is -0.504. The van der Waals surface area contributed by atoms with Gasteiger partial charge in [-0.2, -0.15) is 13.2 Å². The van der Waals surface area contributed by atoms with Gasteiger partial charge in [0.1, 0.15) is 0 Å². The van der Waals surface area contributed by atoms with Gasteiger partial charge in [0, 0.05) is 13.1 Å². The SMILES string of the molecule is O=C(OCC(F)(F)F)N1CCC1. The number of amides is 1. The zero-order valence-corrected chi connectivity index (χ0v) is 6.23. The maximum atomic E-state index is 11.5. The molecular formula is C6H8F3NO2. The summed E-state index contributed by atoms with van der Waals surface area (Å²) in [5.41, 5.74) is 0. The molecule has 3 nitrogen and oxygen atoms in total. The molecule has 0 unspecified atom stereocenters. The summed E-state index contributed by atoms with van der Waals surface area (Å²) in [5, 5.41) is 0. The van der Waals surface area contributed by atoms with E-state index >= 15 is 0 Å². The number of alkyl halides is 3. The number of carbonyl (C=O) groups is 1. The Morgan fingerprint density at radius 2 is 2.00 bits per heavy atom. The molecule has 0 bridgehead atoms. The normalized spacial score (nSPS) is 17.1. The van der Waals surface area contributed by atoms with Gasteiger partial charge in [0.2, 0.25) is 0 Å². The van der Waals surface area contributed by atoms with Crippen molar-refractivity contribution in [2.24, 2.45) is 0 Å². The number of hydrogen-bond donors (Lipinski definition) is 0. The molecule has 0 aromatic heterocycles. The molecule has 0 aromatic carbocycles. The van der Waals surface area contributed by atoms with Gasteiger partial charge >= 0.3 is 12.3 Å². The fraction of sp³-hybridized carbons (Fsp3) is 0.833. The molecule has 1 aliphatic heterocycles. The first kappa shape index (κ1) is 9.15. The predicted molar refractivity (Wildman–Crippen MR) is 33.6 cm³/mol. The largest absolute Gasteiger partial charge is 0.440 e. The maximum absolute atomic E-state index is 11.5. The van der Waals surface area contributed by atoms with Gasteiger partial charge in [-0.15, -0.1) is 0 Å². The number of carbonyl (C=O) groups excluding carboxylic acids is 1. The molecule has 12 heavy (non-hydrogen) atoms. The molecule has 0 radical (unpaired) electrons. The Hall–Kier alpha value is -0.940. The van der Waals surface area contributed by atoms with Crippen molar-refractivity contribution in [3.63, 3.8) is 0 Å². The molecule has 0 N–H and O–H groups in total. The summed E-state index contributed by atoms with van der Waals surface area (Å²) in [7, 11) is 0.